The Hall–Kier alpha value is -2.68. The van der Waals surface area contributed by atoms with Crippen LogP contribution in [-0.4, -0.2) is 46.4 Å². The molecule has 0 bridgehead atoms. The van der Waals surface area contributed by atoms with Crippen molar-refractivity contribution in [3.05, 3.63) is 60.2 Å². The molecule has 9 heteroatoms. The number of sulfone groups is 1. The molecule has 0 fully saturated rings. The molecule has 0 aliphatic heterocycles. The van der Waals surface area contributed by atoms with Crippen LogP contribution < -0.4 is 15.4 Å². The van der Waals surface area contributed by atoms with E-state index >= 15 is 0 Å². The number of ether oxygens (including phenoxy) is 1. The van der Waals surface area contributed by atoms with Gasteiger partial charge >= 0.3 is 0 Å². The van der Waals surface area contributed by atoms with Crippen LogP contribution in [0.25, 0.3) is 0 Å². The van der Waals surface area contributed by atoms with Crippen molar-refractivity contribution < 1.29 is 21.9 Å². The minimum atomic E-state index is -3.75. The minimum Gasteiger partial charge on any atom is -0.489 e. The van der Waals surface area contributed by atoms with Crippen LogP contribution in [0.1, 0.15) is 6.92 Å². The molecule has 0 aliphatic carbocycles. The number of rotatable bonds is 8. The van der Waals surface area contributed by atoms with Gasteiger partial charge in [0.15, 0.2) is 15.8 Å². The van der Waals surface area contributed by atoms with E-state index in [-0.39, 0.29) is 29.1 Å². The summed E-state index contributed by atoms with van der Waals surface area (Å²) in [7, 11) is -2.20. The predicted octanol–water partition coefficient (Wildman–Crippen LogP) is 2.37. The zero-order valence-corrected chi connectivity index (χ0v) is 16.5. The lowest BCUT2D eigenvalue weighted by molar-refractivity contribution is 0.223. The smallest absolute Gasteiger partial charge is 0.191 e. The Kier molecular flexibility index (Phi) is 7.74. The van der Waals surface area contributed by atoms with Gasteiger partial charge in [-0.2, -0.15) is 0 Å². The number of hydrogen-bond acceptors (Lipinski definition) is 4. The third kappa shape index (κ3) is 6.49. The predicted molar refractivity (Wildman–Crippen MR) is 104 cm³/mol. The van der Waals surface area contributed by atoms with Gasteiger partial charge in [0.2, 0.25) is 0 Å². The molecule has 2 aromatic carbocycles. The van der Waals surface area contributed by atoms with Crippen LogP contribution in [0.5, 0.6) is 5.75 Å². The van der Waals surface area contributed by atoms with Crippen molar-refractivity contribution in [3.8, 4) is 5.75 Å². The molecule has 152 valence electrons. The molecule has 0 spiro atoms. The highest BCUT2D eigenvalue weighted by Gasteiger charge is 2.18. The Bertz CT molecular complexity index is 903. The first-order chi connectivity index (χ1) is 13.3. The lowest BCUT2D eigenvalue weighted by Gasteiger charge is -2.17. The Labute approximate surface area is 163 Å². The van der Waals surface area contributed by atoms with Crippen LogP contribution in [0.4, 0.5) is 8.78 Å². The van der Waals surface area contributed by atoms with Crippen molar-refractivity contribution in [1.82, 2.24) is 10.6 Å². The maximum absolute atomic E-state index is 13.7. The second-order valence-electron chi connectivity index (χ2n) is 6.01. The number of halogens is 2. The fourth-order valence-electron chi connectivity index (χ4n) is 2.36. The van der Waals surface area contributed by atoms with E-state index in [4.69, 9.17) is 4.74 Å². The Balaban J connectivity index is 1.79. The van der Waals surface area contributed by atoms with Gasteiger partial charge in [-0.15, -0.1) is 0 Å². The van der Waals surface area contributed by atoms with Crippen molar-refractivity contribution >= 4 is 15.8 Å². The summed E-state index contributed by atoms with van der Waals surface area (Å²) in [6, 6.07) is 11.0. The fraction of sp³-hybridized carbons (Fsp3) is 0.316. The summed E-state index contributed by atoms with van der Waals surface area (Å²) in [5.74, 6) is -0.464. The van der Waals surface area contributed by atoms with Crippen molar-refractivity contribution in [1.29, 1.82) is 0 Å². The largest absolute Gasteiger partial charge is 0.489 e. The topological polar surface area (TPSA) is 79.8 Å². The van der Waals surface area contributed by atoms with E-state index in [1.54, 1.807) is 7.05 Å². The van der Waals surface area contributed by atoms with Crippen LogP contribution in [0.15, 0.2) is 58.4 Å². The number of aliphatic imine (C=N–C) groups is 1. The van der Waals surface area contributed by atoms with E-state index in [1.807, 2.05) is 6.92 Å². The molecule has 28 heavy (non-hydrogen) atoms. The van der Waals surface area contributed by atoms with E-state index in [2.05, 4.69) is 15.6 Å². The molecule has 0 saturated heterocycles. The Morgan fingerprint density at radius 3 is 2.43 bits per heavy atom. The maximum atomic E-state index is 13.7. The quantitative estimate of drug-likeness (QED) is 0.515. The van der Waals surface area contributed by atoms with Crippen LogP contribution >= 0.6 is 0 Å². The lowest BCUT2D eigenvalue weighted by Crippen LogP contribution is -2.43. The Morgan fingerprint density at radius 1 is 1.11 bits per heavy atom. The van der Waals surface area contributed by atoms with Crippen LogP contribution in [0, 0.1) is 11.6 Å². The van der Waals surface area contributed by atoms with E-state index in [9.17, 15) is 17.2 Å². The molecule has 0 aliphatic rings. The second-order valence-corrected chi connectivity index (χ2v) is 8.09. The first kappa shape index (κ1) is 21.6. The lowest BCUT2D eigenvalue weighted by atomic mass is 10.3. The second kappa shape index (κ2) is 10.0. The molecule has 1 unspecified atom stereocenters. The number of nitrogens with one attached hydrogen (secondary N) is 2. The van der Waals surface area contributed by atoms with E-state index in [0.717, 1.165) is 6.07 Å². The fourth-order valence-corrected chi connectivity index (χ4v) is 3.60. The van der Waals surface area contributed by atoms with Gasteiger partial charge in [0.1, 0.15) is 28.4 Å². The summed E-state index contributed by atoms with van der Waals surface area (Å²) in [6.07, 6.45) is -0.244. The first-order valence-electron chi connectivity index (χ1n) is 8.66. The summed E-state index contributed by atoms with van der Waals surface area (Å²) in [5, 5.41) is 5.88. The third-order valence-corrected chi connectivity index (χ3v) is 5.51. The zero-order chi connectivity index (χ0) is 20.6. The number of benzene rings is 2. The van der Waals surface area contributed by atoms with Crippen molar-refractivity contribution in [2.45, 2.75) is 17.9 Å². The summed E-state index contributed by atoms with van der Waals surface area (Å²) in [6.45, 7) is 2.27. The van der Waals surface area contributed by atoms with Crippen molar-refractivity contribution in [3.63, 3.8) is 0 Å². The van der Waals surface area contributed by atoms with Gasteiger partial charge < -0.3 is 15.4 Å². The van der Waals surface area contributed by atoms with Gasteiger partial charge in [0.25, 0.3) is 0 Å². The molecule has 0 radical (unpaired) electrons. The standard InChI is InChI=1S/C19H23F2N3O3S/c1-14(27-16-9-7-15(20)8-10-16)13-24-19(22-2)23-11-12-28(25,26)18-6-4-3-5-17(18)21/h3-10,14H,11-13H2,1-2H3,(H2,22,23,24). The van der Waals surface area contributed by atoms with Crippen LogP contribution in [-0.2, 0) is 9.84 Å². The molecule has 0 saturated carbocycles. The minimum absolute atomic E-state index is 0.0591. The molecule has 6 nitrogen and oxygen atoms in total. The van der Waals surface area contributed by atoms with Crippen LogP contribution in [0.3, 0.4) is 0 Å². The number of nitrogens with zero attached hydrogens (tertiary/aromatic N) is 1. The van der Waals surface area contributed by atoms with Gasteiger partial charge in [0.05, 0.1) is 12.3 Å². The van der Waals surface area contributed by atoms with E-state index in [1.165, 1.54) is 42.5 Å². The monoisotopic (exact) mass is 411 g/mol. The van der Waals surface area contributed by atoms with E-state index in [0.29, 0.717) is 18.3 Å². The first-order valence-corrected chi connectivity index (χ1v) is 10.3. The highest BCUT2D eigenvalue weighted by Crippen LogP contribution is 2.15. The van der Waals surface area contributed by atoms with Crippen molar-refractivity contribution in [2.24, 2.45) is 4.99 Å². The van der Waals surface area contributed by atoms with E-state index < -0.39 is 15.7 Å². The molecule has 0 amide bonds. The van der Waals surface area contributed by atoms with Gasteiger partial charge in [0, 0.05) is 13.6 Å². The highest BCUT2D eigenvalue weighted by atomic mass is 32.2. The van der Waals surface area contributed by atoms with Crippen LogP contribution in [0.2, 0.25) is 0 Å². The molecule has 2 N–H and O–H groups in total. The Morgan fingerprint density at radius 2 is 1.79 bits per heavy atom. The van der Waals surface area contributed by atoms with Gasteiger partial charge in [-0.25, -0.2) is 17.2 Å². The third-order valence-electron chi connectivity index (χ3n) is 3.77. The average Bonchev–Trinajstić information content (AvgIpc) is 2.66. The van der Waals surface area contributed by atoms with Gasteiger partial charge in [-0.05, 0) is 43.3 Å². The molecule has 0 aromatic heterocycles. The summed E-state index contributed by atoms with van der Waals surface area (Å²) >= 11 is 0. The average molecular weight is 411 g/mol. The molecular weight excluding hydrogens is 388 g/mol. The molecular formula is C19H23F2N3O3S. The summed E-state index contributed by atoms with van der Waals surface area (Å²) < 4.78 is 56.7. The van der Waals surface area contributed by atoms with Gasteiger partial charge in [-0.3, -0.25) is 4.99 Å². The molecule has 2 rings (SSSR count). The number of hydrogen-bond donors (Lipinski definition) is 2. The molecule has 2 aromatic rings. The maximum Gasteiger partial charge on any atom is 0.191 e. The SMILES string of the molecule is CN=C(NCCS(=O)(=O)c1ccccc1F)NCC(C)Oc1ccc(F)cc1. The van der Waals surface area contributed by atoms with Gasteiger partial charge in [-0.1, -0.05) is 12.1 Å². The summed E-state index contributed by atoms with van der Waals surface area (Å²) in [5.41, 5.74) is 0. The highest BCUT2D eigenvalue weighted by molar-refractivity contribution is 7.91. The number of guanidine groups is 1. The zero-order valence-electron chi connectivity index (χ0n) is 15.7. The molecule has 0 heterocycles. The molecule has 1 atom stereocenters. The summed E-state index contributed by atoms with van der Waals surface area (Å²) in [4.78, 5) is 3.69. The normalized spacial score (nSPS) is 13.1. The van der Waals surface area contributed by atoms with Crippen molar-refractivity contribution in [2.75, 3.05) is 25.9 Å².